The van der Waals surface area contributed by atoms with Crippen molar-refractivity contribution in [1.29, 1.82) is 0 Å². The molecule has 0 saturated carbocycles. The number of benzene rings is 2. The molecule has 2 aromatic rings. The highest BCUT2D eigenvalue weighted by atomic mass is 14.2. The Hall–Kier alpha value is -1.50. The van der Waals surface area contributed by atoms with Crippen LogP contribution in [0.4, 0.5) is 0 Å². The Morgan fingerprint density at radius 1 is 0.826 bits per heavy atom. The lowest BCUT2D eigenvalue weighted by Crippen LogP contribution is -2.55. The number of hydrogen-bond donors (Lipinski definition) is 0. The predicted octanol–water partition coefficient (Wildman–Crippen LogP) is 4.59. The van der Waals surface area contributed by atoms with Gasteiger partial charge in [0.1, 0.15) is 0 Å². The molecule has 0 N–H and O–H groups in total. The molecule has 0 unspecified atom stereocenters. The lowest BCUT2D eigenvalue weighted by molar-refractivity contribution is 0.412. The minimum absolute atomic E-state index is 0.221. The lowest BCUT2D eigenvalue weighted by atomic mass is 9.25. The summed E-state index contributed by atoms with van der Waals surface area (Å²) >= 11 is 0. The quantitative estimate of drug-likeness (QED) is 0.676. The first-order chi connectivity index (χ1) is 10.7. The fourth-order valence-corrected chi connectivity index (χ4v) is 4.15. The fraction of sp³-hybridized carbons (Fsp3) is 0.455. The molecule has 0 aromatic heterocycles. The van der Waals surface area contributed by atoms with Crippen LogP contribution in [-0.2, 0) is 12.8 Å². The first-order valence-corrected chi connectivity index (χ1v) is 8.85. The molecule has 3 rings (SSSR count). The van der Waals surface area contributed by atoms with Crippen LogP contribution in [0.15, 0.2) is 42.5 Å². The second kappa shape index (κ2) is 5.55. The molecular formula is C22H29B. The zero-order chi connectivity index (χ0) is 16.8. The highest BCUT2D eigenvalue weighted by molar-refractivity contribution is 6.88. The van der Waals surface area contributed by atoms with Crippen LogP contribution < -0.4 is 10.9 Å². The second-order valence-corrected chi connectivity index (χ2v) is 9.40. The summed E-state index contributed by atoms with van der Waals surface area (Å²) in [7, 11) is 0. The van der Waals surface area contributed by atoms with E-state index in [-0.39, 0.29) is 5.31 Å². The van der Waals surface area contributed by atoms with Gasteiger partial charge in [0, 0.05) is 0 Å². The van der Waals surface area contributed by atoms with Crippen LogP contribution in [0.1, 0.15) is 58.2 Å². The van der Waals surface area contributed by atoms with E-state index >= 15 is 0 Å². The highest BCUT2D eigenvalue weighted by Crippen LogP contribution is 2.32. The minimum Gasteiger partial charge on any atom is -0.0701 e. The Bertz CT molecular complexity index is 713. The molecule has 0 spiro atoms. The molecule has 0 amide bonds. The van der Waals surface area contributed by atoms with Crippen LogP contribution >= 0.6 is 0 Å². The van der Waals surface area contributed by atoms with E-state index in [1.807, 2.05) is 0 Å². The first kappa shape index (κ1) is 16.4. The fourth-order valence-electron chi connectivity index (χ4n) is 4.15. The summed E-state index contributed by atoms with van der Waals surface area (Å²) in [5, 5.41) is 0.221. The van der Waals surface area contributed by atoms with Gasteiger partial charge in [-0.2, -0.15) is 0 Å². The van der Waals surface area contributed by atoms with Crippen LogP contribution in [0.3, 0.4) is 0 Å². The minimum atomic E-state index is 0.221. The van der Waals surface area contributed by atoms with Crippen molar-refractivity contribution in [2.24, 2.45) is 5.41 Å². The largest absolute Gasteiger partial charge is 0.215 e. The van der Waals surface area contributed by atoms with E-state index in [9.17, 15) is 0 Å². The molecule has 2 aromatic carbocycles. The summed E-state index contributed by atoms with van der Waals surface area (Å²) in [5.41, 5.74) is 8.04. The number of fused-ring (bicyclic) bond motifs is 2. The van der Waals surface area contributed by atoms with Crippen LogP contribution in [0.25, 0.3) is 0 Å². The molecule has 1 aliphatic rings. The molecule has 1 heteroatoms. The summed E-state index contributed by atoms with van der Waals surface area (Å²) < 4.78 is 0. The monoisotopic (exact) mass is 304 g/mol. The second-order valence-electron chi connectivity index (χ2n) is 9.40. The van der Waals surface area contributed by atoms with Gasteiger partial charge in [-0.05, 0) is 29.4 Å². The molecule has 23 heavy (non-hydrogen) atoms. The van der Waals surface area contributed by atoms with E-state index in [1.165, 1.54) is 16.6 Å². The smallest absolute Gasteiger partial charge is 0.0701 e. The molecule has 1 heterocycles. The SMILES string of the molecule is CC(C)(C)Cc1cccc2c1B(C(C)(C)C)c1ccccc1C2. The topological polar surface area (TPSA) is 0 Å². The highest BCUT2D eigenvalue weighted by Gasteiger charge is 2.39. The van der Waals surface area contributed by atoms with Gasteiger partial charge < -0.3 is 0 Å². The average molecular weight is 304 g/mol. The zero-order valence-corrected chi connectivity index (χ0v) is 15.5. The average Bonchev–Trinajstić information content (AvgIpc) is 2.42. The van der Waals surface area contributed by atoms with Gasteiger partial charge in [-0.3, -0.25) is 0 Å². The number of rotatable bonds is 1. The summed E-state index contributed by atoms with van der Waals surface area (Å²) in [6.07, 6.45) is 2.22. The Balaban J connectivity index is 2.21. The van der Waals surface area contributed by atoms with Gasteiger partial charge >= 0.3 is 0 Å². The maximum absolute atomic E-state index is 2.39. The molecule has 0 bridgehead atoms. The van der Waals surface area contributed by atoms with E-state index < -0.39 is 0 Å². The summed E-state index contributed by atoms with van der Waals surface area (Å²) in [6.45, 7) is 14.7. The van der Waals surface area contributed by atoms with Crippen molar-refractivity contribution in [3.05, 3.63) is 59.2 Å². The molecule has 1 aliphatic heterocycles. The van der Waals surface area contributed by atoms with E-state index in [1.54, 1.807) is 11.0 Å². The van der Waals surface area contributed by atoms with E-state index in [0.717, 1.165) is 12.8 Å². The molecule has 0 radical (unpaired) electrons. The normalized spacial score (nSPS) is 14.4. The van der Waals surface area contributed by atoms with Crippen molar-refractivity contribution in [2.45, 2.75) is 59.7 Å². The third kappa shape index (κ3) is 3.25. The zero-order valence-electron chi connectivity index (χ0n) is 15.5. The van der Waals surface area contributed by atoms with Gasteiger partial charge in [0.2, 0.25) is 6.71 Å². The van der Waals surface area contributed by atoms with Crippen molar-refractivity contribution < 1.29 is 0 Å². The van der Waals surface area contributed by atoms with Crippen LogP contribution in [-0.4, -0.2) is 6.71 Å². The Morgan fingerprint density at radius 3 is 2.13 bits per heavy atom. The third-order valence-electron chi connectivity index (χ3n) is 4.91. The summed E-state index contributed by atoms with van der Waals surface area (Å²) in [4.78, 5) is 0. The molecule has 0 aliphatic carbocycles. The molecule has 0 saturated heterocycles. The Kier molecular flexibility index (Phi) is 3.95. The standard InChI is InChI=1S/C22H29B/c1-21(2,3)15-18-12-9-11-17-14-16-10-7-8-13-19(16)23(20(17)18)22(4,5)6/h7-13H,14-15H2,1-6H3. The van der Waals surface area contributed by atoms with Crippen molar-refractivity contribution in [2.75, 3.05) is 0 Å². The molecular weight excluding hydrogens is 275 g/mol. The van der Waals surface area contributed by atoms with E-state index in [0.29, 0.717) is 12.1 Å². The molecule has 0 fully saturated rings. The van der Waals surface area contributed by atoms with Crippen molar-refractivity contribution in [1.82, 2.24) is 0 Å². The maximum Gasteiger partial charge on any atom is 0.215 e. The summed E-state index contributed by atoms with van der Waals surface area (Å²) in [6, 6.07) is 16.0. The molecule has 0 atom stereocenters. The maximum atomic E-state index is 2.39. The third-order valence-corrected chi connectivity index (χ3v) is 4.91. The van der Waals surface area contributed by atoms with E-state index in [4.69, 9.17) is 0 Å². The van der Waals surface area contributed by atoms with Crippen molar-refractivity contribution in [3.63, 3.8) is 0 Å². The van der Waals surface area contributed by atoms with Crippen molar-refractivity contribution in [3.8, 4) is 0 Å². The number of hydrogen-bond acceptors (Lipinski definition) is 0. The molecule has 0 nitrogen and oxygen atoms in total. The van der Waals surface area contributed by atoms with Gasteiger partial charge in [-0.1, -0.05) is 106 Å². The summed E-state index contributed by atoms with van der Waals surface area (Å²) in [5.74, 6) is 0. The van der Waals surface area contributed by atoms with Gasteiger partial charge in [-0.15, -0.1) is 0 Å². The van der Waals surface area contributed by atoms with Crippen LogP contribution in [0.2, 0.25) is 5.31 Å². The van der Waals surface area contributed by atoms with E-state index in [2.05, 4.69) is 84.0 Å². The molecule has 120 valence electrons. The van der Waals surface area contributed by atoms with Crippen LogP contribution in [0, 0.1) is 5.41 Å². The van der Waals surface area contributed by atoms with Crippen LogP contribution in [0.5, 0.6) is 0 Å². The van der Waals surface area contributed by atoms with Crippen molar-refractivity contribution >= 4 is 17.6 Å². The predicted molar refractivity (Wildman–Crippen MR) is 104 cm³/mol. The van der Waals surface area contributed by atoms with Gasteiger partial charge in [0.25, 0.3) is 0 Å². The Labute approximate surface area is 142 Å². The lowest BCUT2D eigenvalue weighted by Gasteiger charge is -2.37. The Morgan fingerprint density at radius 2 is 1.48 bits per heavy atom. The van der Waals surface area contributed by atoms with Gasteiger partial charge in [0.15, 0.2) is 0 Å². The van der Waals surface area contributed by atoms with Gasteiger partial charge in [-0.25, -0.2) is 0 Å². The first-order valence-electron chi connectivity index (χ1n) is 8.85. The van der Waals surface area contributed by atoms with Gasteiger partial charge in [0.05, 0.1) is 0 Å².